The number of imide groups is 1. The van der Waals surface area contributed by atoms with E-state index in [2.05, 4.69) is 15.9 Å². The zero-order chi connectivity index (χ0) is 28.9. The number of nitrogens with zero attached hydrogens (tertiary/aromatic N) is 1. The monoisotopic (exact) mass is 651 g/mol. The van der Waals surface area contributed by atoms with Crippen LogP contribution in [0, 0.1) is 0 Å². The van der Waals surface area contributed by atoms with Gasteiger partial charge in [-0.2, -0.15) is 0 Å². The molecule has 0 bridgehead atoms. The number of carbonyl (C=O) groups is 3. The van der Waals surface area contributed by atoms with Crippen LogP contribution in [-0.4, -0.2) is 41.8 Å². The molecule has 1 aliphatic rings. The third-order valence-electron chi connectivity index (χ3n) is 6.10. The van der Waals surface area contributed by atoms with E-state index in [1.807, 2.05) is 37.3 Å². The minimum atomic E-state index is -0.529. The second-order valence-electron chi connectivity index (χ2n) is 8.81. The van der Waals surface area contributed by atoms with Gasteiger partial charge in [-0.05, 0) is 99.5 Å². The molecule has 1 fully saturated rings. The molecule has 0 radical (unpaired) electrons. The number of rotatable bonds is 9. The average Bonchev–Trinajstić information content (AvgIpc) is 3.23. The molecule has 5 rings (SSSR count). The molecule has 1 saturated heterocycles. The van der Waals surface area contributed by atoms with Gasteiger partial charge in [0.05, 0.1) is 28.1 Å². The smallest absolute Gasteiger partial charge is 0.344 e. The Morgan fingerprint density at radius 3 is 2.54 bits per heavy atom. The predicted molar refractivity (Wildman–Crippen MR) is 164 cm³/mol. The van der Waals surface area contributed by atoms with Crippen LogP contribution in [0.2, 0.25) is 5.02 Å². The molecule has 0 spiro atoms. The van der Waals surface area contributed by atoms with Crippen LogP contribution in [-0.2, 0) is 4.79 Å². The molecule has 4 aromatic carbocycles. The largest absolute Gasteiger partial charge is 0.492 e. The van der Waals surface area contributed by atoms with Crippen molar-refractivity contribution in [3.63, 3.8) is 0 Å². The van der Waals surface area contributed by atoms with Gasteiger partial charge < -0.3 is 14.2 Å². The number of ether oxygens (including phenoxy) is 3. The topological polar surface area (TPSA) is 82.1 Å². The molecule has 0 saturated carbocycles. The highest BCUT2D eigenvalue weighted by Gasteiger charge is 2.35. The lowest BCUT2D eigenvalue weighted by Crippen LogP contribution is -2.32. The fraction of sp³-hybridized carbons (Fsp3) is 0.129. The summed E-state index contributed by atoms with van der Waals surface area (Å²) in [6.07, 6.45) is 1.61. The second-order valence-corrected chi connectivity index (χ2v) is 11.1. The first kappa shape index (κ1) is 28.7. The van der Waals surface area contributed by atoms with Crippen LogP contribution in [0.4, 0.5) is 4.79 Å². The standard InChI is InChI=1S/C31H23BrClNO6S/c1-2-38-26-17-19(16-25(32)28(26)40-30(36)24-9-5-7-20-6-3-4-8-23(20)24)18-27-29(35)34(31(37)41-27)14-15-39-22-12-10-21(33)11-13-22/h3-13,16-18H,2,14-15H2,1H3/b27-18-. The Morgan fingerprint density at radius 2 is 1.76 bits per heavy atom. The average molecular weight is 653 g/mol. The number of thioether (sulfide) groups is 1. The number of hydrogen-bond acceptors (Lipinski definition) is 7. The number of esters is 1. The van der Waals surface area contributed by atoms with Gasteiger partial charge in [-0.3, -0.25) is 14.5 Å². The molecule has 4 aromatic rings. The molecule has 0 unspecified atom stereocenters. The van der Waals surface area contributed by atoms with E-state index < -0.39 is 11.9 Å². The van der Waals surface area contributed by atoms with E-state index in [1.54, 1.807) is 54.6 Å². The minimum Gasteiger partial charge on any atom is -0.492 e. The van der Waals surface area contributed by atoms with Crippen molar-refractivity contribution in [1.82, 2.24) is 4.90 Å². The van der Waals surface area contributed by atoms with Crippen LogP contribution in [0.5, 0.6) is 17.2 Å². The number of amides is 2. The molecule has 2 amide bonds. The summed E-state index contributed by atoms with van der Waals surface area (Å²) in [5.74, 6) is 0.177. The van der Waals surface area contributed by atoms with Gasteiger partial charge in [-0.15, -0.1) is 0 Å². The summed E-state index contributed by atoms with van der Waals surface area (Å²) in [6.45, 7) is 2.37. The Labute approximate surface area is 254 Å². The number of benzene rings is 4. The zero-order valence-corrected chi connectivity index (χ0v) is 24.9. The molecule has 0 aromatic heterocycles. The van der Waals surface area contributed by atoms with Gasteiger partial charge in [0.25, 0.3) is 11.1 Å². The van der Waals surface area contributed by atoms with Crippen LogP contribution in [0.1, 0.15) is 22.8 Å². The molecule has 0 aliphatic carbocycles. The van der Waals surface area contributed by atoms with Gasteiger partial charge in [0.1, 0.15) is 12.4 Å². The number of hydrogen-bond donors (Lipinski definition) is 0. The van der Waals surface area contributed by atoms with Gasteiger partial charge in [-0.25, -0.2) is 4.79 Å². The van der Waals surface area contributed by atoms with E-state index in [1.165, 1.54) is 0 Å². The number of halogens is 2. The highest BCUT2D eigenvalue weighted by Crippen LogP contribution is 2.40. The summed E-state index contributed by atoms with van der Waals surface area (Å²) in [4.78, 5) is 40.2. The van der Waals surface area contributed by atoms with Crippen molar-refractivity contribution in [1.29, 1.82) is 0 Å². The molecule has 1 aliphatic heterocycles. The van der Waals surface area contributed by atoms with E-state index in [0.717, 1.165) is 27.4 Å². The van der Waals surface area contributed by atoms with Crippen LogP contribution < -0.4 is 14.2 Å². The first-order chi connectivity index (χ1) is 19.8. The van der Waals surface area contributed by atoms with E-state index in [-0.39, 0.29) is 29.0 Å². The third-order valence-corrected chi connectivity index (χ3v) is 7.85. The minimum absolute atomic E-state index is 0.0988. The maximum absolute atomic E-state index is 13.2. The van der Waals surface area contributed by atoms with Gasteiger partial charge in [-0.1, -0.05) is 48.0 Å². The fourth-order valence-electron chi connectivity index (χ4n) is 4.21. The Bertz CT molecular complexity index is 1670. The lowest BCUT2D eigenvalue weighted by Gasteiger charge is -2.14. The van der Waals surface area contributed by atoms with Crippen LogP contribution in [0.25, 0.3) is 16.8 Å². The first-order valence-corrected chi connectivity index (χ1v) is 14.6. The molecule has 208 valence electrons. The number of fused-ring (bicyclic) bond motifs is 1. The van der Waals surface area contributed by atoms with Crippen molar-refractivity contribution in [2.75, 3.05) is 19.8 Å². The molecule has 7 nitrogen and oxygen atoms in total. The van der Waals surface area contributed by atoms with Crippen LogP contribution >= 0.6 is 39.3 Å². The van der Waals surface area contributed by atoms with E-state index in [0.29, 0.717) is 38.7 Å². The second kappa shape index (κ2) is 12.8. The molecule has 10 heteroatoms. The van der Waals surface area contributed by atoms with Crippen molar-refractivity contribution in [3.05, 3.63) is 104 Å². The molecule has 41 heavy (non-hydrogen) atoms. The summed E-state index contributed by atoms with van der Waals surface area (Å²) < 4.78 is 17.7. The van der Waals surface area contributed by atoms with E-state index in [4.69, 9.17) is 25.8 Å². The molecular weight excluding hydrogens is 630 g/mol. The Hall–Kier alpha value is -3.79. The normalized spacial score (nSPS) is 14.1. The highest BCUT2D eigenvalue weighted by atomic mass is 79.9. The molecule has 0 N–H and O–H groups in total. The fourth-order valence-corrected chi connectivity index (χ4v) is 5.75. The van der Waals surface area contributed by atoms with Crippen molar-refractivity contribution < 1.29 is 28.6 Å². The maximum Gasteiger partial charge on any atom is 0.344 e. The van der Waals surface area contributed by atoms with E-state index >= 15 is 0 Å². The van der Waals surface area contributed by atoms with Gasteiger partial charge >= 0.3 is 5.97 Å². The highest BCUT2D eigenvalue weighted by molar-refractivity contribution is 9.10. The summed E-state index contributed by atoms with van der Waals surface area (Å²) >= 11 is 10.2. The van der Waals surface area contributed by atoms with Gasteiger partial charge in [0, 0.05) is 5.02 Å². The van der Waals surface area contributed by atoms with E-state index in [9.17, 15) is 14.4 Å². The SMILES string of the molecule is CCOc1cc(/C=C2\SC(=O)N(CCOc3ccc(Cl)cc3)C2=O)cc(Br)c1OC(=O)c1cccc2ccccc12. The third kappa shape index (κ3) is 6.59. The quantitative estimate of drug-likeness (QED) is 0.103. The zero-order valence-electron chi connectivity index (χ0n) is 21.8. The predicted octanol–water partition coefficient (Wildman–Crippen LogP) is 7.99. The number of carbonyl (C=O) groups excluding carboxylic acids is 3. The van der Waals surface area contributed by atoms with Crippen LogP contribution in [0.15, 0.2) is 88.2 Å². The molecule has 1 heterocycles. The maximum atomic E-state index is 13.2. The summed E-state index contributed by atoms with van der Waals surface area (Å²) in [6, 6.07) is 23.2. The van der Waals surface area contributed by atoms with Crippen LogP contribution in [0.3, 0.4) is 0 Å². The van der Waals surface area contributed by atoms with Crippen molar-refractivity contribution in [3.8, 4) is 17.2 Å². The van der Waals surface area contributed by atoms with Crippen molar-refractivity contribution in [2.24, 2.45) is 0 Å². The van der Waals surface area contributed by atoms with Gasteiger partial charge in [0.2, 0.25) is 0 Å². The molecule has 0 atom stereocenters. The lowest BCUT2D eigenvalue weighted by molar-refractivity contribution is -0.123. The summed E-state index contributed by atoms with van der Waals surface area (Å²) in [5, 5.41) is 1.90. The van der Waals surface area contributed by atoms with Crippen molar-refractivity contribution >= 4 is 73.3 Å². The van der Waals surface area contributed by atoms with Gasteiger partial charge in [0.15, 0.2) is 11.5 Å². The molecular formula is C31H23BrClNO6S. The Kier molecular flexibility index (Phi) is 8.97. The summed E-state index contributed by atoms with van der Waals surface area (Å²) in [5.41, 5.74) is 1.02. The lowest BCUT2D eigenvalue weighted by atomic mass is 10.0. The van der Waals surface area contributed by atoms with Crippen molar-refractivity contribution in [2.45, 2.75) is 6.92 Å². The Balaban J connectivity index is 1.33. The first-order valence-electron chi connectivity index (χ1n) is 12.6. The Morgan fingerprint density at radius 1 is 1.00 bits per heavy atom. The summed E-state index contributed by atoms with van der Waals surface area (Å²) in [7, 11) is 0.